The molecule has 0 atom stereocenters. The Bertz CT molecular complexity index is 623. The van der Waals surface area contributed by atoms with E-state index in [1.807, 2.05) is 28.1 Å². The minimum Gasteiger partial charge on any atom is -0.298 e. The van der Waals surface area contributed by atoms with Crippen LogP contribution in [0, 0.1) is 0 Å². The van der Waals surface area contributed by atoms with Crippen LogP contribution in [0.15, 0.2) is 29.8 Å². The maximum absolute atomic E-state index is 10.6. The van der Waals surface area contributed by atoms with Crippen LogP contribution in [0.4, 0.5) is 0 Å². The van der Waals surface area contributed by atoms with Gasteiger partial charge in [-0.3, -0.25) is 9.20 Å². The summed E-state index contributed by atoms with van der Waals surface area (Å²) in [5.41, 5.74) is 2.59. The molecule has 68 valence electrons. The molecular weight excluding hydrogens is 196 g/mol. The number of hydrogen-bond acceptors (Lipinski definition) is 3. The van der Waals surface area contributed by atoms with E-state index in [4.69, 9.17) is 0 Å². The number of carbonyl (C=O) groups excluding carboxylic acids is 1. The number of rotatable bonds is 1. The predicted molar refractivity (Wildman–Crippen MR) is 56.0 cm³/mol. The fraction of sp³-hybridized carbons (Fsp3) is 0. The summed E-state index contributed by atoms with van der Waals surface area (Å²) in [6.45, 7) is 0. The van der Waals surface area contributed by atoms with Crippen molar-refractivity contribution in [1.29, 1.82) is 0 Å². The molecule has 0 radical (unpaired) electrons. The van der Waals surface area contributed by atoms with Crippen molar-refractivity contribution in [3.8, 4) is 0 Å². The van der Waals surface area contributed by atoms with Crippen LogP contribution in [0.3, 0.4) is 0 Å². The standard InChI is InChI=1S/C10H6N2OS/c13-6-7-1-2-9-8(5-7)11-10-12(9)3-4-14-10/h1-6H. The molecule has 2 aromatic heterocycles. The fourth-order valence-electron chi connectivity index (χ4n) is 1.55. The van der Waals surface area contributed by atoms with Gasteiger partial charge in [-0.15, -0.1) is 11.3 Å². The van der Waals surface area contributed by atoms with E-state index in [-0.39, 0.29) is 0 Å². The smallest absolute Gasteiger partial charge is 0.194 e. The molecule has 1 aromatic carbocycles. The van der Waals surface area contributed by atoms with Gasteiger partial charge in [0.05, 0.1) is 11.0 Å². The van der Waals surface area contributed by atoms with Gasteiger partial charge in [-0.05, 0) is 18.2 Å². The van der Waals surface area contributed by atoms with Crippen LogP contribution in [0.1, 0.15) is 10.4 Å². The maximum Gasteiger partial charge on any atom is 0.194 e. The van der Waals surface area contributed by atoms with Crippen molar-refractivity contribution in [2.45, 2.75) is 0 Å². The summed E-state index contributed by atoms with van der Waals surface area (Å²) in [5, 5.41) is 2.00. The highest BCUT2D eigenvalue weighted by atomic mass is 32.1. The molecule has 0 aliphatic heterocycles. The highest BCUT2D eigenvalue weighted by molar-refractivity contribution is 7.15. The Morgan fingerprint density at radius 1 is 1.43 bits per heavy atom. The van der Waals surface area contributed by atoms with Crippen molar-refractivity contribution >= 4 is 33.6 Å². The topological polar surface area (TPSA) is 34.4 Å². The van der Waals surface area contributed by atoms with Gasteiger partial charge in [0.25, 0.3) is 0 Å². The first-order chi connectivity index (χ1) is 6.88. The zero-order valence-electron chi connectivity index (χ0n) is 7.18. The molecule has 0 saturated carbocycles. The van der Waals surface area contributed by atoms with Crippen LogP contribution < -0.4 is 0 Å². The number of benzene rings is 1. The van der Waals surface area contributed by atoms with Crippen LogP contribution in [0.5, 0.6) is 0 Å². The van der Waals surface area contributed by atoms with E-state index in [1.54, 1.807) is 17.4 Å². The second kappa shape index (κ2) is 2.65. The van der Waals surface area contributed by atoms with Gasteiger partial charge in [-0.2, -0.15) is 0 Å². The Balaban J connectivity index is 2.49. The SMILES string of the molecule is O=Cc1ccc2c(c1)nc1sccn12. The summed E-state index contributed by atoms with van der Waals surface area (Å²) in [5.74, 6) is 0. The second-order valence-electron chi connectivity index (χ2n) is 3.03. The first-order valence-electron chi connectivity index (χ1n) is 4.19. The Hall–Kier alpha value is -1.68. The van der Waals surface area contributed by atoms with Gasteiger partial charge in [0.15, 0.2) is 4.96 Å². The van der Waals surface area contributed by atoms with E-state index in [0.29, 0.717) is 5.56 Å². The van der Waals surface area contributed by atoms with Gasteiger partial charge >= 0.3 is 0 Å². The largest absolute Gasteiger partial charge is 0.298 e. The zero-order valence-corrected chi connectivity index (χ0v) is 7.99. The quantitative estimate of drug-likeness (QED) is 0.568. The van der Waals surface area contributed by atoms with Crippen molar-refractivity contribution in [2.24, 2.45) is 0 Å². The van der Waals surface area contributed by atoms with E-state index in [1.165, 1.54) is 0 Å². The molecular formula is C10H6N2OS. The van der Waals surface area contributed by atoms with Gasteiger partial charge in [-0.25, -0.2) is 4.98 Å². The summed E-state index contributed by atoms with van der Waals surface area (Å²) in [7, 11) is 0. The van der Waals surface area contributed by atoms with Crippen molar-refractivity contribution in [2.75, 3.05) is 0 Å². The normalized spacial score (nSPS) is 11.1. The predicted octanol–water partition coefficient (Wildman–Crippen LogP) is 2.36. The third-order valence-corrected chi connectivity index (χ3v) is 2.96. The van der Waals surface area contributed by atoms with Crippen molar-refractivity contribution < 1.29 is 4.79 Å². The molecule has 0 amide bonds. The molecule has 0 bridgehead atoms. The van der Waals surface area contributed by atoms with E-state index in [9.17, 15) is 4.79 Å². The number of nitrogens with zero attached hydrogens (tertiary/aromatic N) is 2. The van der Waals surface area contributed by atoms with E-state index < -0.39 is 0 Å². The number of fused-ring (bicyclic) bond motifs is 3. The lowest BCUT2D eigenvalue weighted by Gasteiger charge is -1.90. The molecule has 2 heterocycles. The van der Waals surface area contributed by atoms with Gasteiger partial charge in [0.2, 0.25) is 0 Å². The molecule has 3 nitrogen and oxygen atoms in total. The third-order valence-electron chi connectivity index (χ3n) is 2.20. The van der Waals surface area contributed by atoms with Crippen molar-refractivity contribution in [3.63, 3.8) is 0 Å². The average molecular weight is 202 g/mol. The summed E-state index contributed by atoms with van der Waals surface area (Å²) in [4.78, 5) is 15.9. The van der Waals surface area contributed by atoms with Crippen LogP contribution in [-0.4, -0.2) is 15.7 Å². The number of aldehydes is 1. The summed E-state index contributed by atoms with van der Waals surface area (Å²) in [6, 6.07) is 5.54. The van der Waals surface area contributed by atoms with Crippen molar-refractivity contribution in [1.82, 2.24) is 9.38 Å². The van der Waals surface area contributed by atoms with Gasteiger partial charge < -0.3 is 0 Å². The highest BCUT2D eigenvalue weighted by Crippen LogP contribution is 2.20. The van der Waals surface area contributed by atoms with E-state index >= 15 is 0 Å². The number of carbonyl (C=O) groups is 1. The van der Waals surface area contributed by atoms with Crippen LogP contribution in [0.2, 0.25) is 0 Å². The van der Waals surface area contributed by atoms with Crippen LogP contribution >= 0.6 is 11.3 Å². The summed E-state index contributed by atoms with van der Waals surface area (Å²) in [6.07, 6.45) is 2.82. The Kier molecular flexibility index (Phi) is 1.46. The van der Waals surface area contributed by atoms with Crippen LogP contribution in [-0.2, 0) is 0 Å². The number of hydrogen-bond donors (Lipinski definition) is 0. The molecule has 0 N–H and O–H groups in total. The van der Waals surface area contributed by atoms with E-state index in [2.05, 4.69) is 4.98 Å². The third kappa shape index (κ3) is 0.914. The molecule has 0 spiro atoms. The number of thiazole rings is 1. The fourth-order valence-corrected chi connectivity index (χ4v) is 2.27. The Labute approximate surface area is 83.6 Å². The molecule has 4 heteroatoms. The van der Waals surface area contributed by atoms with Gasteiger partial charge in [-0.1, -0.05) is 0 Å². The van der Waals surface area contributed by atoms with E-state index in [0.717, 1.165) is 22.3 Å². The monoisotopic (exact) mass is 202 g/mol. The molecule has 14 heavy (non-hydrogen) atoms. The first kappa shape index (κ1) is 7.70. The zero-order chi connectivity index (χ0) is 9.54. The molecule has 0 saturated heterocycles. The first-order valence-corrected chi connectivity index (χ1v) is 5.07. The Morgan fingerprint density at radius 3 is 3.21 bits per heavy atom. The molecule has 0 aliphatic rings. The van der Waals surface area contributed by atoms with Crippen molar-refractivity contribution in [3.05, 3.63) is 35.3 Å². The van der Waals surface area contributed by atoms with Gasteiger partial charge in [0.1, 0.15) is 6.29 Å². The number of aromatic nitrogens is 2. The lowest BCUT2D eigenvalue weighted by atomic mass is 10.2. The molecule has 0 aliphatic carbocycles. The summed E-state index contributed by atoms with van der Waals surface area (Å²) >= 11 is 1.59. The van der Waals surface area contributed by atoms with Gasteiger partial charge in [0, 0.05) is 17.1 Å². The minimum absolute atomic E-state index is 0.670. The minimum atomic E-state index is 0.670. The maximum atomic E-state index is 10.6. The lowest BCUT2D eigenvalue weighted by Crippen LogP contribution is -1.80. The van der Waals surface area contributed by atoms with Crippen LogP contribution in [0.25, 0.3) is 16.0 Å². The molecule has 0 unspecified atom stereocenters. The molecule has 3 aromatic rings. The summed E-state index contributed by atoms with van der Waals surface area (Å²) < 4.78 is 2.02. The second-order valence-corrected chi connectivity index (χ2v) is 3.91. The Morgan fingerprint density at radius 2 is 2.36 bits per heavy atom. The lowest BCUT2D eigenvalue weighted by molar-refractivity contribution is 0.112. The number of imidazole rings is 1. The molecule has 3 rings (SSSR count). The highest BCUT2D eigenvalue weighted by Gasteiger charge is 2.04. The molecule has 0 fully saturated rings. The average Bonchev–Trinajstić information content (AvgIpc) is 2.75.